The van der Waals surface area contributed by atoms with Gasteiger partial charge in [-0.05, 0) is 42.9 Å². The minimum Gasteiger partial charge on any atom is -0.504 e. The number of aromatic nitrogens is 3. The lowest BCUT2D eigenvalue weighted by Gasteiger charge is -2.26. The van der Waals surface area contributed by atoms with Crippen LogP contribution in [0.3, 0.4) is 0 Å². The zero-order valence-corrected chi connectivity index (χ0v) is 20.9. The molecular formula is C25H23F3N4O5S. The lowest BCUT2D eigenvalue weighted by atomic mass is 10.0. The van der Waals surface area contributed by atoms with Crippen LogP contribution in [0, 0.1) is 16.6 Å². The Morgan fingerprint density at radius 3 is 2.53 bits per heavy atom. The fourth-order valence-electron chi connectivity index (χ4n) is 3.91. The van der Waals surface area contributed by atoms with Gasteiger partial charge in [-0.15, -0.1) is 5.92 Å². The normalized spacial score (nSPS) is 14.1. The first-order chi connectivity index (χ1) is 18.1. The van der Waals surface area contributed by atoms with Crippen LogP contribution in [0.1, 0.15) is 18.1 Å². The van der Waals surface area contributed by atoms with Gasteiger partial charge >= 0.3 is 12.1 Å². The topological polar surface area (TPSA) is 113 Å². The highest BCUT2D eigenvalue weighted by Gasteiger charge is 2.42. The summed E-state index contributed by atoms with van der Waals surface area (Å²) in [4.78, 5) is 13.8. The minimum atomic E-state index is -5.36. The number of phenols is 2. The van der Waals surface area contributed by atoms with Crippen molar-refractivity contribution in [2.24, 2.45) is 0 Å². The zero-order chi connectivity index (χ0) is 27.4. The summed E-state index contributed by atoms with van der Waals surface area (Å²) in [7, 11) is 0. The highest BCUT2D eigenvalue weighted by Crippen LogP contribution is 2.46. The molecule has 3 N–H and O–H groups in total. The second kappa shape index (κ2) is 11.3. The molecule has 38 heavy (non-hydrogen) atoms. The van der Waals surface area contributed by atoms with Gasteiger partial charge in [-0.25, -0.2) is 4.79 Å². The molecule has 0 bridgehead atoms. The molecule has 2 heterocycles. The highest BCUT2D eigenvalue weighted by molar-refractivity contribution is 7.71. The maximum atomic E-state index is 12.9. The predicted octanol–water partition coefficient (Wildman–Crippen LogP) is 3.87. The molecule has 1 aliphatic heterocycles. The van der Waals surface area contributed by atoms with E-state index in [1.807, 2.05) is 12.1 Å². The average molecular weight is 549 g/mol. The Labute approximate surface area is 220 Å². The van der Waals surface area contributed by atoms with Gasteiger partial charge in [-0.3, -0.25) is 14.6 Å². The van der Waals surface area contributed by atoms with Crippen LogP contribution < -0.4 is 4.74 Å². The largest absolute Gasteiger partial charge is 0.504 e. The van der Waals surface area contributed by atoms with Crippen molar-refractivity contribution in [3.8, 4) is 46.2 Å². The second-order valence-corrected chi connectivity index (χ2v) is 8.73. The summed E-state index contributed by atoms with van der Waals surface area (Å²) in [5, 5.41) is 28.1. The van der Waals surface area contributed by atoms with Crippen molar-refractivity contribution >= 4 is 18.2 Å². The lowest BCUT2D eigenvalue weighted by Crippen LogP contribution is -2.35. The quantitative estimate of drug-likeness (QED) is 0.184. The number of carbonyl (C=O) groups excluding carboxylic acids is 1. The Hall–Kier alpha value is -3.86. The second-order valence-electron chi connectivity index (χ2n) is 8.34. The molecule has 200 valence electrons. The van der Waals surface area contributed by atoms with Crippen LogP contribution in [0.2, 0.25) is 0 Å². The number of aromatic amines is 1. The summed E-state index contributed by atoms with van der Waals surface area (Å²) in [5.41, 5.74) is 1.48. The molecule has 1 aliphatic rings. The Morgan fingerprint density at radius 2 is 1.89 bits per heavy atom. The standard InChI is InChI=1S/C25H23F3N4O5S/c1-2-3-4-16-13-18(20(34)21(19(16)33)37-23(35)25(26,27)28)22-29-30-24(38)32(22)17-7-5-15(6-8-17)14-31-9-11-36-12-10-31/h5-8,13,33-34H,4,9-12,14H2,1H3,(H,30,38). The van der Waals surface area contributed by atoms with E-state index in [2.05, 4.69) is 31.7 Å². The van der Waals surface area contributed by atoms with Crippen LogP contribution in [-0.2, 0) is 22.5 Å². The number of carbonyl (C=O) groups is 1. The molecule has 4 rings (SSSR count). The van der Waals surface area contributed by atoms with Gasteiger partial charge in [0.15, 0.2) is 22.1 Å². The SMILES string of the molecule is CC#CCc1cc(-c2n[nH]c(=S)n2-c2ccc(CN3CCOCC3)cc2)c(O)c(OC(=O)C(F)(F)F)c1O. The van der Waals surface area contributed by atoms with Crippen molar-refractivity contribution < 1.29 is 37.7 Å². The third kappa shape index (κ3) is 5.83. The molecule has 0 unspecified atom stereocenters. The third-order valence-corrected chi connectivity index (χ3v) is 6.08. The van der Waals surface area contributed by atoms with Crippen molar-refractivity contribution in [3.05, 3.63) is 46.2 Å². The fraction of sp³-hybridized carbons (Fsp3) is 0.320. The summed E-state index contributed by atoms with van der Waals surface area (Å²) in [5.74, 6) is -0.123. The molecule has 1 fully saturated rings. The van der Waals surface area contributed by atoms with E-state index in [9.17, 15) is 28.2 Å². The van der Waals surface area contributed by atoms with Crippen molar-refractivity contribution in [1.29, 1.82) is 0 Å². The van der Waals surface area contributed by atoms with Gasteiger partial charge in [0.05, 0.1) is 18.8 Å². The number of benzene rings is 2. The van der Waals surface area contributed by atoms with Gasteiger partial charge in [0, 0.05) is 37.3 Å². The summed E-state index contributed by atoms with van der Waals surface area (Å²) in [6, 6.07) is 8.68. The van der Waals surface area contributed by atoms with Crippen molar-refractivity contribution in [3.63, 3.8) is 0 Å². The van der Waals surface area contributed by atoms with E-state index in [1.54, 1.807) is 12.1 Å². The van der Waals surface area contributed by atoms with E-state index in [4.69, 9.17) is 17.0 Å². The van der Waals surface area contributed by atoms with E-state index >= 15 is 0 Å². The monoisotopic (exact) mass is 548 g/mol. The fourth-order valence-corrected chi connectivity index (χ4v) is 4.15. The molecule has 0 atom stereocenters. The smallest absolute Gasteiger partial charge is 0.491 e. The van der Waals surface area contributed by atoms with Crippen LogP contribution in [0.15, 0.2) is 30.3 Å². The summed E-state index contributed by atoms with van der Waals surface area (Å²) in [6.07, 6.45) is -5.46. The average Bonchev–Trinajstić information content (AvgIpc) is 3.27. The van der Waals surface area contributed by atoms with Crippen LogP contribution >= 0.6 is 12.2 Å². The first-order valence-electron chi connectivity index (χ1n) is 11.4. The van der Waals surface area contributed by atoms with Crippen molar-refractivity contribution in [1.82, 2.24) is 19.7 Å². The number of phenolic OH excluding ortho intramolecular Hbond substituents is 2. The number of morpholine rings is 1. The molecule has 0 spiro atoms. The Morgan fingerprint density at radius 1 is 1.21 bits per heavy atom. The van der Waals surface area contributed by atoms with Crippen LogP contribution in [-0.4, -0.2) is 68.3 Å². The van der Waals surface area contributed by atoms with Crippen LogP contribution in [0.5, 0.6) is 17.2 Å². The van der Waals surface area contributed by atoms with Gasteiger partial charge in [-0.1, -0.05) is 18.1 Å². The van der Waals surface area contributed by atoms with E-state index in [0.717, 1.165) is 25.2 Å². The lowest BCUT2D eigenvalue weighted by molar-refractivity contribution is -0.189. The van der Waals surface area contributed by atoms with Gasteiger partial charge in [0.2, 0.25) is 5.75 Å². The molecule has 13 heteroatoms. The summed E-state index contributed by atoms with van der Waals surface area (Å²) >= 11 is 5.38. The number of nitrogens with one attached hydrogen (secondary N) is 1. The number of halogens is 3. The number of esters is 1. The molecule has 2 aromatic carbocycles. The first kappa shape index (κ1) is 27.2. The van der Waals surface area contributed by atoms with Gasteiger partial charge in [0.1, 0.15) is 0 Å². The van der Waals surface area contributed by atoms with Gasteiger partial charge in [-0.2, -0.15) is 18.3 Å². The Balaban J connectivity index is 1.76. The van der Waals surface area contributed by atoms with E-state index in [1.165, 1.54) is 17.6 Å². The van der Waals surface area contributed by atoms with Crippen molar-refractivity contribution in [2.45, 2.75) is 26.1 Å². The minimum absolute atomic E-state index is 0.0125. The molecule has 3 aromatic rings. The number of H-pyrrole nitrogens is 1. The number of hydrogen-bond donors (Lipinski definition) is 3. The summed E-state index contributed by atoms with van der Waals surface area (Å²) < 4.78 is 50.0. The number of ether oxygens (including phenoxy) is 2. The van der Waals surface area contributed by atoms with E-state index in [-0.39, 0.29) is 28.1 Å². The molecule has 0 radical (unpaired) electrons. The molecule has 0 saturated carbocycles. The first-order valence-corrected chi connectivity index (χ1v) is 11.8. The zero-order valence-electron chi connectivity index (χ0n) is 20.1. The van der Waals surface area contributed by atoms with E-state index in [0.29, 0.717) is 18.9 Å². The number of aromatic hydroxyl groups is 2. The number of rotatable bonds is 6. The van der Waals surface area contributed by atoms with E-state index < -0.39 is 29.4 Å². The molecule has 1 saturated heterocycles. The molecule has 9 nitrogen and oxygen atoms in total. The third-order valence-electron chi connectivity index (χ3n) is 5.81. The Kier molecular flexibility index (Phi) is 8.05. The van der Waals surface area contributed by atoms with Gasteiger partial charge < -0.3 is 19.7 Å². The maximum absolute atomic E-state index is 12.9. The van der Waals surface area contributed by atoms with Crippen LogP contribution in [0.25, 0.3) is 17.1 Å². The predicted molar refractivity (Wildman–Crippen MR) is 132 cm³/mol. The molecule has 0 aliphatic carbocycles. The van der Waals surface area contributed by atoms with Crippen molar-refractivity contribution in [2.75, 3.05) is 26.3 Å². The summed E-state index contributed by atoms with van der Waals surface area (Å²) in [6.45, 7) is 5.26. The molecule has 1 aromatic heterocycles. The molecular weight excluding hydrogens is 525 g/mol. The Bertz CT molecular complexity index is 1450. The highest BCUT2D eigenvalue weighted by atomic mass is 32.1. The number of nitrogens with zero attached hydrogens (tertiary/aromatic N) is 3. The maximum Gasteiger partial charge on any atom is 0.491 e. The van der Waals surface area contributed by atoms with Gasteiger partial charge in [0.25, 0.3) is 0 Å². The number of alkyl halides is 3. The van der Waals surface area contributed by atoms with Crippen LogP contribution in [0.4, 0.5) is 13.2 Å². The molecule has 0 amide bonds. The number of hydrogen-bond acceptors (Lipinski definition) is 8.